The van der Waals surface area contributed by atoms with Crippen molar-refractivity contribution in [2.75, 3.05) is 26.4 Å². The van der Waals surface area contributed by atoms with E-state index in [1.54, 1.807) is 0 Å². The lowest BCUT2D eigenvalue weighted by Gasteiger charge is -2.19. The topological polar surface area (TPSA) is 79.2 Å². The summed E-state index contributed by atoms with van der Waals surface area (Å²) in [4.78, 5) is 21.7. The quantitative estimate of drug-likeness (QED) is 0.377. The molecular formula is C14H29NO5. The molecule has 0 spiro atoms. The molecule has 0 aromatic carbocycles. The Bertz CT molecular complexity index is 218. The molecule has 0 heterocycles. The van der Waals surface area contributed by atoms with Crippen LogP contribution in [0.15, 0.2) is 0 Å². The van der Waals surface area contributed by atoms with Crippen LogP contribution in [0.4, 0.5) is 0 Å². The Kier molecular flexibility index (Phi) is 14.2. The number of hydrogen-bond acceptors (Lipinski definition) is 5. The number of carbonyl (C=O) groups excluding carboxylic acids is 1. The number of rotatable bonds is 14. The summed E-state index contributed by atoms with van der Waals surface area (Å²) in [7, 11) is 0. The van der Waals surface area contributed by atoms with Gasteiger partial charge in [0.2, 0.25) is 0 Å². The average Bonchev–Trinajstić information content (AvgIpc) is 2.46. The van der Waals surface area contributed by atoms with Crippen molar-refractivity contribution < 1.29 is 24.7 Å². The fourth-order valence-electron chi connectivity index (χ4n) is 1.75. The van der Waals surface area contributed by atoms with Gasteiger partial charge in [0.05, 0.1) is 13.2 Å². The second kappa shape index (κ2) is 14.7. The van der Waals surface area contributed by atoms with E-state index in [2.05, 4.69) is 6.92 Å². The van der Waals surface area contributed by atoms with Crippen molar-refractivity contribution in [3.05, 3.63) is 0 Å². The summed E-state index contributed by atoms with van der Waals surface area (Å²) >= 11 is 0. The molecule has 0 saturated carbocycles. The second-order valence-electron chi connectivity index (χ2n) is 4.64. The number of hydrogen-bond donors (Lipinski definition) is 2. The van der Waals surface area contributed by atoms with Gasteiger partial charge in [-0.2, -0.15) is 0 Å². The first kappa shape index (κ1) is 19.3. The molecule has 20 heavy (non-hydrogen) atoms. The maximum Gasteiger partial charge on any atom is 0.273 e. The molecule has 0 rings (SSSR count). The molecular weight excluding hydrogens is 262 g/mol. The molecule has 2 N–H and O–H groups in total. The second-order valence-corrected chi connectivity index (χ2v) is 4.64. The van der Waals surface area contributed by atoms with Gasteiger partial charge in [-0.1, -0.05) is 50.7 Å². The highest BCUT2D eigenvalue weighted by Gasteiger charge is 2.14. The standard InChI is InChI=1S/C14H29NO5/c1-2-3-4-5-6-7-8-9-14(18)15(19-12-10-16)20-13-11-17/h16-17H,2-13H2,1H3. The Morgan fingerprint density at radius 1 is 0.900 bits per heavy atom. The van der Waals surface area contributed by atoms with Crippen molar-refractivity contribution >= 4 is 5.91 Å². The van der Waals surface area contributed by atoms with Crippen LogP contribution in [0.1, 0.15) is 58.3 Å². The first-order valence-electron chi connectivity index (χ1n) is 7.56. The molecule has 120 valence electrons. The number of unbranched alkanes of at least 4 members (excludes halogenated alkanes) is 6. The molecule has 0 aromatic rings. The van der Waals surface area contributed by atoms with Crippen LogP contribution in [-0.2, 0) is 14.5 Å². The molecule has 0 unspecified atom stereocenters. The van der Waals surface area contributed by atoms with Crippen molar-refractivity contribution in [2.45, 2.75) is 58.3 Å². The van der Waals surface area contributed by atoms with Gasteiger partial charge < -0.3 is 10.2 Å². The highest BCUT2D eigenvalue weighted by molar-refractivity contribution is 5.73. The normalized spacial score (nSPS) is 10.8. The highest BCUT2D eigenvalue weighted by atomic mass is 17.0. The third-order valence-corrected chi connectivity index (χ3v) is 2.80. The van der Waals surface area contributed by atoms with E-state index in [0.717, 1.165) is 24.5 Å². The molecule has 6 nitrogen and oxygen atoms in total. The number of amides is 1. The molecule has 0 aromatic heterocycles. The number of hydroxylamine groups is 2. The van der Waals surface area contributed by atoms with Gasteiger partial charge in [0.1, 0.15) is 13.2 Å². The van der Waals surface area contributed by atoms with Gasteiger partial charge >= 0.3 is 0 Å². The van der Waals surface area contributed by atoms with E-state index in [0.29, 0.717) is 6.42 Å². The third kappa shape index (κ3) is 11.2. The van der Waals surface area contributed by atoms with E-state index < -0.39 is 0 Å². The van der Waals surface area contributed by atoms with Crippen molar-refractivity contribution in [1.29, 1.82) is 0 Å². The first-order chi connectivity index (χ1) is 9.76. The smallest absolute Gasteiger partial charge is 0.273 e. The Labute approximate surface area is 121 Å². The maximum atomic E-state index is 11.8. The van der Waals surface area contributed by atoms with Crippen LogP contribution in [-0.4, -0.2) is 47.8 Å². The fourth-order valence-corrected chi connectivity index (χ4v) is 1.75. The molecule has 0 aliphatic carbocycles. The van der Waals surface area contributed by atoms with Gasteiger partial charge in [-0.25, -0.2) is 9.68 Å². The van der Waals surface area contributed by atoms with Gasteiger partial charge in [0.25, 0.3) is 5.91 Å². The van der Waals surface area contributed by atoms with Crippen LogP contribution >= 0.6 is 0 Å². The van der Waals surface area contributed by atoms with Gasteiger partial charge in [0.15, 0.2) is 0 Å². The molecule has 0 aliphatic heterocycles. The first-order valence-corrected chi connectivity index (χ1v) is 7.56. The molecule has 0 fully saturated rings. The molecule has 0 saturated heterocycles. The van der Waals surface area contributed by atoms with Crippen LogP contribution < -0.4 is 0 Å². The number of aliphatic hydroxyl groups is 2. The summed E-state index contributed by atoms with van der Waals surface area (Å²) < 4.78 is 0. The summed E-state index contributed by atoms with van der Waals surface area (Å²) in [6, 6.07) is 0. The van der Waals surface area contributed by atoms with Crippen molar-refractivity contribution in [1.82, 2.24) is 5.23 Å². The van der Waals surface area contributed by atoms with Gasteiger partial charge in [0, 0.05) is 6.42 Å². The number of aliphatic hydroxyl groups excluding tert-OH is 2. The van der Waals surface area contributed by atoms with Crippen molar-refractivity contribution in [3.8, 4) is 0 Å². The highest BCUT2D eigenvalue weighted by Crippen LogP contribution is 2.10. The average molecular weight is 291 g/mol. The largest absolute Gasteiger partial charge is 0.394 e. The summed E-state index contributed by atoms with van der Waals surface area (Å²) in [6.07, 6.45) is 8.29. The maximum absolute atomic E-state index is 11.8. The Morgan fingerprint density at radius 3 is 1.90 bits per heavy atom. The molecule has 6 heteroatoms. The number of nitrogens with zero attached hydrogens (tertiary/aromatic N) is 1. The molecule has 0 radical (unpaired) electrons. The molecule has 0 atom stereocenters. The van der Waals surface area contributed by atoms with E-state index in [4.69, 9.17) is 19.9 Å². The SMILES string of the molecule is CCCCCCCCCC(=O)N(OCCO)OCCO. The van der Waals surface area contributed by atoms with E-state index >= 15 is 0 Å². The predicted molar refractivity (Wildman–Crippen MR) is 75.5 cm³/mol. The van der Waals surface area contributed by atoms with Gasteiger partial charge in [-0.3, -0.25) is 4.79 Å². The van der Waals surface area contributed by atoms with Crippen LogP contribution in [0.5, 0.6) is 0 Å². The zero-order valence-electron chi connectivity index (χ0n) is 12.6. The van der Waals surface area contributed by atoms with Gasteiger partial charge in [-0.15, -0.1) is 0 Å². The van der Waals surface area contributed by atoms with Gasteiger partial charge in [-0.05, 0) is 6.42 Å². The minimum absolute atomic E-state index is 0.00577. The van der Waals surface area contributed by atoms with E-state index in [1.165, 1.54) is 25.7 Å². The van der Waals surface area contributed by atoms with Crippen molar-refractivity contribution in [3.63, 3.8) is 0 Å². The lowest BCUT2D eigenvalue weighted by Crippen LogP contribution is -2.33. The summed E-state index contributed by atoms with van der Waals surface area (Å²) in [5.74, 6) is -0.277. The Morgan fingerprint density at radius 2 is 1.40 bits per heavy atom. The zero-order chi connectivity index (χ0) is 15.1. The van der Waals surface area contributed by atoms with E-state index in [9.17, 15) is 4.79 Å². The third-order valence-electron chi connectivity index (χ3n) is 2.80. The number of carbonyl (C=O) groups is 1. The van der Waals surface area contributed by atoms with Crippen LogP contribution in [0.3, 0.4) is 0 Å². The predicted octanol–water partition coefficient (Wildman–Crippen LogP) is 1.80. The monoisotopic (exact) mass is 291 g/mol. The van der Waals surface area contributed by atoms with Crippen LogP contribution in [0, 0.1) is 0 Å². The zero-order valence-corrected chi connectivity index (χ0v) is 12.6. The minimum Gasteiger partial charge on any atom is -0.394 e. The lowest BCUT2D eigenvalue weighted by molar-refractivity contribution is -0.345. The Hall–Kier alpha value is -0.690. The van der Waals surface area contributed by atoms with Crippen molar-refractivity contribution in [2.24, 2.45) is 0 Å². The molecule has 0 bridgehead atoms. The molecule has 1 amide bonds. The Balaban J connectivity index is 3.71. The van der Waals surface area contributed by atoms with Crippen LogP contribution in [0.2, 0.25) is 0 Å². The fraction of sp³-hybridized carbons (Fsp3) is 0.929. The summed E-state index contributed by atoms with van der Waals surface area (Å²) in [5, 5.41) is 18.1. The van der Waals surface area contributed by atoms with E-state index in [-0.39, 0.29) is 32.3 Å². The minimum atomic E-state index is -0.277. The summed E-state index contributed by atoms with van der Waals surface area (Å²) in [6.45, 7) is 1.79. The summed E-state index contributed by atoms with van der Waals surface area (Å²) in [5.41, 5.74) is 0. The van der Waals surface area contributed by atoms with E-state index in [1.807, 2.05) is 0 Å². The molecule has 0 aliphatic rings. The van der Waals surface area contributed by atoms with Crippen LogP contribution in [0.25, 0.3) is 0 Å². The lowest BCUT2D eigenvalue weighted by atomic mass is 10.1.